The summed E-state index contributed by atoms with van der Waals surface area (Å²) < 4.78 is 11.1. The second kappa shape index (κ2) is 30.7. The molecule has 0 bridgehead atoms. The molecule has 0 spiro atoms. The molecule has 3 aromatic carbocycles. The molecule has 5 aromatic rings. The van der Waals surface area contributed by atoms with Crippen LogP contribution in [-0.4, -0.2) is 128 Å². The number of benzene rings is 3. The SMILES string of the molecule is CCCN(CCC)C(=O)C1=Cc2sc(C(=O)Nc3ccc(N4CCC(C(=O)NCCNC(=O)OCc5ccc(NC(=O)[C@H](CCCNC(N)=O)NC(=O)[C@@H](NC(=O)OCC6c7ccccc7-c7ccccc76)C(C)C)cc5)CC4)nc3)cc2N=C(N)C1. The van der Waals surface area contributed by atoms with E-state index in [0.717, 1.165) is 35.1 Å². The molecule has 1 saturated heterocycles. The lowest BCUT2D eigenvalue weighted by Crippen LogP contribution is -2.54. The normalized spacial score (nSPS) is 14.3. The number of nitrogens with one attached hydrogen (secondary N) is 7. The number of ether oxygens (including phenoxy) is 2. The monoisotopic (exact) mass is 1210 g/mol. The summed E-state index contributed by atoms with van der Waals surface area (Å²) >= 11 is 1.24. The van der Waals surface area contributed by atoms with Gasteiger partial charge in [-0.15, -0.1) is 11.3 Å². The first-order valence-electron chi connectivity index (χ1n) is 29.5. The van der Waals surface area contributed by atoms with E-state index in [0.29, 0.717) is 88.6 Å². The Morgan fingerprint density at radius 1 is 0.759 bits per heavy atom. The predicted octanol–water partition coefficient (Wildman–Crippen LogP) is 7.51. The van der Waals surface area contributed by atoms with Crippen LogP contribution in [0, 0.1) is 11.8 Å². The van der Waals surface area contributed by atoms with E-state index in [1.807, 2.05) is 73.3 Å². The molecular weight excluding hydrogens is 1130 g/mol. The highest BCUT2D eigenvalue weighted by atomic mass is 32.1. The fourth-order valence-electron chi connectivity index (χ4n) is 10.7. The Kier molecular flexibility index (Phi) is 22.4. The maximum atomic E-state index is 13.8. The van der Waals surface area contributed by atoms with Crippen molar-refractivity contribution in [3.05, 3.63) is 129 Å². The van der Waals surface area contributed by atoms with Crippen molar-refractivity contribution in [1.82, 2.24) is 36.5 Å². The maximum Gasteiger partial charge on any atom is 0.407 e. The van der Waals surface area contributed by atoms with Gasteiger partial charge >= 0.3 is 18.2 Å². The lowest BCUT2D eigenvalue weighted by Gasteiger charge is -2.32. The third-order valence-electron chi connectivity index (χ3n) is 15.1. The van der Waals surface area contributed by atoms with Gasteiger partial charge in [0.15, 0.2) is 0 Å². The minimum absolute atomic E-state index is 0.0525. The number of amidine groups is 1. The van der Waals surface area contributed by atoms with Gasteiger partial charge < -0.3 is 68.0 Å². The van der Waals surface area contributed by atoms with Crippen molar-refractivity contribution in [2.45, 2.75) is 97.2 Å². The summed E-state index contributed by atoms with van der Waals surface area (Å²) in [5.41, 5.74) is 18.3. The van der Waals surface area contributed by atoms with Crippen molar-refractivity contribution in [2.24, 2.45) is 28.3 Å². The zero-order valence-electron chi connectivity index (χ0n) is 49.4. The molecule has 0 unspecified atom stereocenters. The van der Waals surface area contributed by atoms with Gasteiger partial charge in [0.2, 0.25) is 23.6 Å². The number of urea groups is 1. The van der Waals surface area contributed by atoms with Gasteiger partial charge in [-0.3, -0.25) is 24.0 Å². The minimum atomic E-state index is -1.07. The molecule has 0 radical (unpaired) electrons. The molecule has 1 aliphatic carbocycles. The molecule has 3 aliphatic rings. The molecule has 11 N–H and O–H groups in total. The number of piperidine rings is 1. The zero-order valence-corrected chi connectivity index (χ0v) is 50.3. The molecule has 9 amide bonds. The van der Waals surface area contributed by atoms with Crippen LogP contribution in [0.3, 0.4) is 0 Å². The Balaban J connectivity index is 0.728. The number of nitrogens with zero attached hydrogens (tertiary/aromatic N) is 4. The van der Waals surface area contributed by atoms with Crippen molar-refractivity contribution in [3.63, 3.8) is 0 Å². The van der Waals surface area contributed by atoms with Gasteiger partial charge in [0.25, 0.3) is 5.91 Å². The molecule has 4 heterocycles. The largest absolute Gasteiger partial charge is 0.449 e. The highest BCUT2D eigenvalue weighted by Crippen LogP contribution is 2.44. The topological polar surface area (TPSA) is 323 Å². The summed E-state index contributed by atoms with van der Waals surface area (Å²) in [6.07, 6.45) is 5.43. The van der Waals surface area contributed by atoms with Crippen LogP contribution in [0.2, 0.25) is 0 Å². The third kappa shape index (κ3) is 17.4. The Morgan fingerprint density at radius 2 is 1.43 bits per heavy atom. The second-order valence-corrected chi connectivity index (χ2v) is 23.0. The highest BCUT2D eigenvalue weighted by Gasteiger charge is 2.33. The molecule has 460 valence electrons. The van der Waals surface area contributed by atoms with Gasteiger partial charge in [0.05, 0.1) is 27.3 Å². The second-order valence-electron chi connectivity index (χ2n) is 21.9. The quantitative estimate of drug-likeness (QED) is 0.0242. The number of hydrogen-bond donors (Lipinski definition) is 9. The van der Waals surface area contributed by atoms with E-state index < -0.39 is 42.1 Å². The molecule has 2 aliphatic heterocycles. The van der Waals surface area contributed by atoms with Gasteiger partial charge in [0, 0.05) is 75.3 Å². The van der Waals surface area contributed by atoms with Crippen molar-refractivity contribution >= 4 is 93.9 Å². The number of thiophene rings is 1. The van der Waals surface area contributed by atoms with Crippen molar-refractivity contribution in [2.75, 3.05) is 68.0 Å². The Hall–Kier alpha value is -9.32. The lowest BCUT2D eigenvalue weighted by atomic mass is 9.96. The highest BCUT2D eigenvalue weighted by molar-refractivity contribution is 7.15. The van der Waals surface area contributed by atoms with Gasteiger partial charge in [-0.25, -0.2) is 24.4 Å². The summed E-state index contributed by atoms with van der Waals surface area (Å²) in [5, 5.41) is 19.2. The molecule has 2 aromatic heterocycles. The molecule has 24 heteroatoms. The van der Waals surface area contributed by atoms with Crippen LogP contribution >= 0.6 is 11.3 Å². The molecule has 23 nitrogen and oxygen atoms in total. The summed E-state index contributed by atoms with van der Waals surface area (Å²) in [7, 11) is 0. The molecule has 87 heavy (non-hydrogen) atoms. The van der Waals surface area contributed by atoms with Crippen LogP contribution in [0.5, 0.6) is 0 Å². The van der Waals surface area contributed by atoms with E-state index in [4.69, 9.17) is 20.9 Å². The summed E-state index contributed by atoms with van der Waals surface area (Å²) in [5.74, 6) is -1.45. The molecule has 8 rings (SSSR count). The maximum absolute atomic E-state index is 13.8. The van der Waals surface area contributed by atoms with E-state index >= 15 is 0 Å². The Labute approximate surface area is 509 Å². The number of fused-ring (bicyclic) bond motifs is 4. The number of carbonyl (C=O) groups excluding carboxylic acids is 8. The summed E-state index contributed by atoms with van der Waals surface area (Å²) in [4.78, 5) is 119. The fraction of sp³-hybridized carbons (Fsp3) is 0.397. The van der Waals surface area contributed by atoms with E-state index in [-0.39, 0.29) is 87.6 Å². The average Bonchev–Trinajstić information content (AvgIpc) is 1.79. The van der Waals surface area contributed by atoms with Crippen LogP contribution < -0.4 is 53.6 Å². The van der Waals surface area contributed by atoms with Crippen molar-refractivity contribution < 1.29 is 47.8 Å². The molecule has 0 saturated carbocycles. The number of hydrogen-bond acceptors (Lipinski definition) is 15. The zero-order chi connectivity index (χ0) is 62.0. The van der Waals surface area contributed by atoms with E-state index in [1.54, 1.807) is 62.5 Å². The van der Waals surface area contributed by atoms with Crippen molar-refractivity contribution in [1.29, 1.82) is 0 Å². The third-order valence-corrected chi connectivity index (χ3v) is 16.2. The lowest BCUT2D eigenvalue weighted by molar-refractivity contribution is -0.128. The van der Waals surface area contributed by atoms with E-state index in [1.165, 1.54) is 11.3 Å². The van der Waals surface area contributed by atoms with E-state index in [9.17, 15) is 38.4 Å². The van der Waals surface area contributed by atoms with Crippen LogP contribution in [0.15, 0.2) is 108 Å². The van der Waals surface area contributed by atoms with Crippen LogP contribution in [0.1, 0.15) is 110 Å². The number of aliphatic imine (C=N–C) groups is 1. The number of amides is 9. The standard InChI is InChI=1S/C63H77N13O10S/c1-5-28-76(29-6-2)60(81)41-32-51-50(72-53(64)33-41)34-52(87-51)58(79)71-43-21-22-54(69-35-43)75-30-23-40(24-31-75)56(77)66-26-27-68-62(83)85-36-39-17-19-42(20-18-39)70-57(78)49(16-11-25-67-61(65)82)73-59(80)55(38(3)4)74-63(84)86-37-48-46-14-9-7-12-44(46)45-13-8-10-15-47(45)48/h7-10,12-15,17-22,32,34-35,38,40,48-49,55H,5-6,11,16,23-31,33,36-37H2,1-4H3,(H2,64,72)(H,66,77)(H,68,83)(H,70,78)(H,71,79)(H,73,80)(H,74,84)(H3,65,67,82)/t49-,55-/m0/s1. The molecule has 2 atom stereocenters. The molecular formula is C63H77N13O10S. The van der Waals surface area contributed by atoms with E-state index in [2.05, 4.69) is 52.1 Å². The molecule has 1 fully saturated rings. The van der Waals surface area contributed by atoms with Crippen LogP contribution in [0.25, 0.3) is 17.2 Å². The van der Waals surface area contributed by atoms with Crippen molar-refractivity contribution in [3.8, 4) is 11.1 Å². The summed E-state index contributed by atoms with van der Waals surface area (Å²) in [6, 6.07) is 24.9. The number of nitrogens with two attached hydrogens (primary N) is 2. The number of alkyl carbamates (subject to hydrolysis) is 2. The van der Waals surface area contributed by atoms with Crippen LogP contribution in [-0.2, 0) is 35.3 Å². The van der Waals surface area contributed by atoms with Gasteiger partial charge in [-0.2, -0.15) is 0 Å². The smallest absolute Gasteiger partial charge is 0.407 e. The number of rotatable bonds is 26. The first-order chi connectivity index (χ1) is 42.0. The van der Waals surface area contributed by atoms with Crippen LogP contribution in [0.4, 0.5) is 37.3 Å². The Bertz CT molecular complexity index is 3290. The van der Waals surface area contributed by atoms with Gasteiger partial charge in [0.1, 0.15) is 37.0 Å². The Morgan fingerprint density at radius 3 is 2.07 bits per heavy atom. The van der Waals surface area contributed by atoms with Gasteiger partial charge in [-0.05, 0) is 109 Å². The number of anilines is 3. The number of primary amides is 1. The number of pyridine rings is 1. The first kappa shape index (κ1) is 63.7. The number of aromatic nitrogens is 1. The fourth-order valence-corrected chi connectivity index (χ4v) is 11.6. The minimum Gasteiger partial charge on any atom is -0.449 e. The van der Waals surface area contributed by atoms with Gasteiger partial charge in [-0.1, -0.05) is 88.4 Å². The summed E-state index contributed by atoms with van der Waals surface area (Å²) in [6.45, 7) is 10.5. The first-order valence-corrected chi connectivity index (χ1v) is 30.3. The predicted molar refractivity (Wildman–Crippen MR) is 334 cm³/mol. The number of carbonyl (C=O) groups is 8. The average molecular weight is 1210 g/mol.